The van der Waals surface area contributed by atoms with Crippen LogP contribution >= 0.6 is 0 Å². The number of aliphatic hydroxyl groups is 2. The van der Waals surface area contributed by atoms with Crippen LogP contribution in [0.25, 0.3) is 10.9 Å². The van der Waals surface area contributed by atoms with Crippen LogP contribution in [0.2, 0.25) is 0 Å². The van der Waals surface area contributed by atoms with Crippen molar-refractivity contribution in [1.29, 1.82) is 0 Å². The minimum Gasteiger partial charge on any atom is -0.497 e. The quantitative estimate of drug-likeness (QED) is 0.551. The lowest BCUT2D eigenvalue weighted by Crippen LogP contribution is -2.42. The summed E-state index contributed by atoms with van der Waals surface area (Å²) in [6.45, 7) is 2.48. The van der Waals surface area contributed by atoms with Crippen molar-refractivity contribution in [3.05, 3.63) is 54.4 Å². The van der Waals surface area contributed by atoms with Crippen LogP contribution in [0.4, 0.5) is 0 Å². The van der Waals surface area contributed by atoms with Crippen LogP contribution < -0.4 is 4.74 Å². The van der Waals surface area contributed by atoms with Gasteiger partial charge in [-0.1, -0.05) is 5.92 Å². The number of methoxy groups -OCH3 is 1. The maximum atomic E-state index is 11.0. The lowest BCUT2D eigenvalue weighted by Gasteiger charge is -2.37. The van der Waals surface area contributed by atoms with E-state index < -0.39 is 6.10 Å². The monoisotopic (exact) mass is 435 g/mol. The van der Waals surface area contributed by atoms with Crippen LogP contribution in [0, 0.1) is 23.7 Å². The summed E-state index contributed by atoms with van der Waals surface area (Å²) in [7, 11) is 1.63. The smallest absolute Gasteiger partial charge is 0.273 e. The number of hydrogen-bond acceptors (Lipinski definition) is 7. The van der Waals surface area contributed by atoms with Crippen molar-refractivity contribution in [1.82, 2.24) is 14.9 Å². The topological polar surface area (TPSA) is 91.9 Å². The number of likely N-dealkylation sites (tertiary alicyclic amines) is 1. The predicted octanol–water partition coefficient (Wildman–Crippen LogP) is 3.03. The molecule has 0 bridgehead atoms. The summed E-state index contributed by atoms with van der Waals surface area (Å²) in [6, 6.07) is 7.59. The average Bonchev–Trinajstić information content (AvgIpc) is 3.35. The van der Waals surface area contributed by atoms with Crippen molar-refractivity contribution in [2.24, 2.45) is 11.8 Å². The summed E-state index contributed by atoms with van der Waals surface area (Å²) in [5.74, 6) is 7.73. The molecule has 168 valence electrons. The summed E-state index contributed by atoms with van der Waals surface area (Å²) < 4.78 is 10.5. The lowest BCUT2D eigenvalue weighted by atomic mass is 9.81. The molecule has 7 heteroatoms. The largest absolute Gasteiger partial charge is 0.497 e. The highest BCUT2D eigenvalue weighted by molar-refractivity contribution is 5.83. The number of fused-ring (bicyclic) bond motifs is 1. The van der Waals surface area contributed by atoms with Crippen molar-refractivity contribution in [3.8, 4) is 17.6 Å². The fourth-order valence-corrected chi connectivity index (χ4v) is 4.49. The Morgan fingerprint density at radius 1 is 1.25 bits per heavy atom. The zero-order valence-electron chi connectivity index (χ0n) is 18.3. The number of oxazole rings is 1. The third-order valence-corrected chi connectivity index (χ3v) is 6.29. The first kappa shape index (κ1) is 22.3. The number of ether oxygens (including phenoxy) is 1. The Labute approximate surface area is 188 Å². The Morgan fingerprint density at radius 3 is 2.94 bits per heavy atom. The molecule has 0 amide bonds. The van der Waals surface area contributed by atoms with Gasteiger partial charge in [0.2, 0.25) is 0 Å². The third-order valence-electron chi connectivity index (χ3n) is 6.29. The van der Waals surface area contributed by atoms with E-state index in [-0.39, 0.29) is 12.5 Å². The van der Waals surface area contributed by atoms with Crippen LogP contribution in [0.5, 0.6) is 5.75 Å². The normalized spacial score (nSPS) is 20.0. The standard InChI is InChI=1S/C25H29N3O4/c1-31-20-5-6-23-22(15-20)21(8-10-26-23)24(30)7-4-18-9-13-28(16-19(18)17-29)12-2-3-25-27-11-14-32-25/h5-6,8,10-11,14-15,18-19,24,29-30H,4,7,9,12-13,16-17H2,1H3/t18-,19-,24+/m1/s1. The molecule has 2 aromatic heterocycles. The molecule has 3 atom stereocenters. The molecule has 4 rings (SSSR count). The van der Waals surface area contributed by atoms with Crippen molar-refractivity contribution in [2.75, 3.05) is 33.4 Å². The summed E-state index contributed by atoms with van der Waals surface area (Å²) in [6.07, 6.45) is 6.72. The highest BCUT2D eigenvalue weighted by atomic mass is 16.5. The first-order valence-corrected chi connectivity index (χ1v) is 11.0. The van der Waals surface area contributed by atoms with Gasteiger partial charge in [0.05, 0.1) is 31.5 Å². The molecule has 1 fully saturated rings. The van der Waals surface area contributed by atoms with Gasteiger partial charge >= 0.3 is 0 Å². The molecule has 1 saturated heterocycles. The summed E-state index contributed by atoms with van der Waals surface area (Å²) >= 11 is 0. The van der Waals surface area contributed by atoms with Gasteiger partial charge in [0.1, 0.15) is 12.0 Å². The zero-order valence-corrected chi connectivity index (χ0v) is 18.3. The molecular weight excluding hydrogens is 406 g/mol. The van der Waals surface area contributed by atoms with Crippen LogP contribution in [0.15, 0.2) is 47.3 Å². The van der Waals surface area contributed by atoms with Gasteiger partial charge in [0.25, 0.3) is 5.89 Å². The molecule has 0 unspecified atom stereocenters. The molecule has 2 N–H and O–H groups in total. The number of aromatic nitrogens is 2. The number of hydrogen-bond donors (Lipinski definition) is 2. The van der Waals surface area contributed by atoms with Gasteiger partial charge in [-0.05, 0) is 73.4 Å². The van der Waals surface area contributed by atoms with Crippen LogP contribution in [-0.4, -0.2) is 58.4 Å². The van der Waals surface area contributed by atoms with Crippen molar-refractivity contribution >= 4 is 10.9 Å². The van der Waals surface area contributed by atoms with Gasteiger partial charge in [0.15, 0.2) is 0 Å². The second-order valence-corrected chi connectivity index (χ2v) is 8.24. The van der Waals surface area contributed by atoms with E-state index in [1.165, 1.54) is 6.26 Å². The first-order valence-electron chi connectivity index (χ1n) is 11.0. The second kappa shape index (κ2) is 10.6. The molecule has 1 aliphatic rings. The second-order valence-electron chi connectivity index (χ2n) is 8.24. The Morgan fingerprint density at radius 2 is 2.16 bits per heavy atom. The number of rotatable bonds is 7. The van der Waals surface area contributed by atoms with E-state index in [2.05, 4.69) is 26.7 Å². The molecule has 3 aromatic rings. The average molecular weight is 436 g/mol. The van der Waals surface area contributed by atoms with Gasteiger partial charge in [-0.2, -0.15) is 0 Å². The molecule has 0 spiro atoms. The fraction of sp³-hybridized carbons (Fsp3) is 0.440. The van der Waals surface area contributed by atoms with Gasteiger partial charge in [0, 0.05) is 24.7 Å². The van der Waals surface area contributed by atoms with Crippen LogP contribution in [0.1, 0.15) is 36.8 Å². The van der Waals surface area contributed by atoms with Crippen molar-refractivity contribution in [3.63, 3.8) is 0 Å². The van der Waals surface area contributed by atoms with E-state index in [1.54, 1.807) is 19.5 Å². The summed E-state index contributed by atoms with van der Waals surface area (Å²) in [4.78, 5) is 10.7. The Balaban J connectivity index is 1.35. The predicted molar refractivity (Wildman–Crippen MR) is 121 cm³/mol. The Hall–Kier alpha value is -2.92. The van der Waals surface area contributed by atoms with Gasteiger partial charge in [-0.25, -0.2) is 4.98 Å². The van der Waals surface area contributed by atoms with Crippen molar-refractivity contribution < 1.29 is 19.4 Å². The lowest BCUT2D eigenvalue weighted by molar-refractivity contribution is 0.0640. The number of nitrogens with zero attached hydrogens (tertiary/aromatic N) is 3. The number of pyridine rings is 1. The Bertz CT molecular complexity index is 1070. The minimum atomic E-state index is -0.586. The molecular formula is C25H29N3O4. The zero-order chi connectivity index (χ0) is 22.3. The molecule has 0 saturated carbocycles. The van der Waals surface area contributed by atoms with E-state index in [4.69, 9.17) is 9.15 Å². The van der Waals surface area contributed by atoms with Crippen molar-refractivity contribution in [2.45, 2.75) is 25.4 Å². The van der Waals surface area contributed by atoms with Gasteiger partial charge < -0.3 is 19.4 Å². The maximum Gasteiger partial charge on any atom is 0.273 e. The SMILES string of the molecule is COc1ccc2nccc([C@@H](O)CC[C@@H]3CCN(CC#Cc4ncco4)C[C@@H]3CO)c2c1. The maximum absolute atomic E-state index is 11.0. The molecule has 3 heterocycles. The molecule has 1 aromatic carbocycles. The highest BCUT2D eigenvalue weighted by Gasteiger charge is 2.29. The molecule has 0 radical (unpaired) electrons. The van der Waals surface area contributed by atoms with E-state index in [0.717, 1.165) is 48.1 Å². The van der Waals surface area contributed by atoms with Gasteiger partial charge in [-0.15, -0.1) is 0 Å². The number of aliphatic hydroxyl groups excluding tert-OH is 2. The molecule has 1 aliphatic heterocycles. The number of piperidine rings is 1. The van der Waals surface area contributed by atoms with Crippen LogP contribution in [-0.2, 0) is 0 Å². The number of benzene rings is 1. The molecule has 0 aliphatic carbocycles. The van der Waals surface area contributed by atoms with Gasteiger partial charge in [-0.3, -0.25) is 9.88 Å². The molecule has 32 heavy (non-hydrogen) atoms. The highest BCUT2D eigenvalue weighted by Crippen LogP contribution is 2.33. The fourth-order valence-electron chi connectivity index (χ4n) is 4.49. The van der Waals surface area contributed by atoms with E-state index in [0.29, 0.717) is 24.8 Å². The van der Waals surface area contributed by atoms with E-state index in [1.807, 2.05) is 24.3 Å². The van der Waals surface area contributed by atoms with Crippen LogP contribution in [0.3, 0.4) is 0 Å². The summed E-state index contributed by atoms with van der Waals surface area (Å²) in [5, 5.41) is 21.8. The first-order chi connectivity index (χ1) is 15.7. The van der Waals surface area contributed by atoms with E-state index in [9.17, 15) is 10.2 Å². The Kier molecular flexibility index (Phi) is 7.38. The van der Waals surface area contributed by atoms with E-state index >= 15 is 0 Å². The molecule has 7 nitrogen and oxygen atoms in total. The minimum absolute atomic E-state index is 0.139. The third kappa shape index (κ3) is 5.28. The summed E-state index contributed by atoms with van der Waals surface area (Å²) in [5.41, 5.74) is 1.71.